The van der Waals surface area contributed by atoms with Crippen molar-refractivity contribution in [3.8, 4) is 11.3 Å². The van der Waals surface area contributed by atoms with Crippen LogP contribution in [0.25, 0.3) is 11.3 Å². The van der Waals surface area contributed by atoms with Crippen LogP contribution in [0.4, 0.5) is 13.2 Å². The van der Waals surface area contributed by atoms with Crippen molar-refractivity contribution in [1.82, 2.24) is 25.1 Å². The molecule has 1 aliphatic carbocycles. The zero-order valence-electron chi connectivity index (χ0n) is 15.9. The zero-order valence-corrected chi connectivity index (χ0v) is 15.9. The Morgan fingerprint density at radius 2 is 1.93 bits per heavy atom. The Balaban J connectivity index is 1.32. The molecule has 1 fully saturated rings. The van der Waals surface area contributed by atoms with E-state index in [1.807, 2.05) is 16.8 Å². The summed E-state index contributed by atoms with van der Waals surface area (Å²) < 4.78 is 39.8. The molecule has 0 aromatic carbocycles. The number of aryl methyl sites for hydroxylation is 1. The van der Waals surface area contributed by atoms with Gasteiger partial charge in [0, 0.05) is 36.1 Å². The molecule has 0 saturated heterocycles. The van der Waals surface area contributed by atoms with Gasteiger partial charge in [0.15, 0.2) is 0 Å². The van der Waals surface area contributed by atoms with Crippen LogP contribution in [0.15, 0.2) is 42.7 Å². The maximum atomic E-state index is 12.7. The van der Waals surface area contributed by atoms with Gasteiger partial charge in [-0.05, 0) is 49.6 Å². The van der Waals surface area contributed by atoms with Gasteiger partial charge in [-0.1, -0.05) is 0 Å². The third kappa shape index (κ3) is 3.55. The maximum absolute atomic E-state index is 12.7. The standard InChI is InChI=1S/C21H18F3N5O/c22-21(23,24)19-4-3-14(11-26-19)20(30)27-15-6-8-29-18(15)10-17(28-29)13-5-7-25-16(9-13)12-1-2-12/h3-5,7,9-12,15H,1-2,6,8H2,(H,27,30)/t15-/m1/s1. The van der Waals surface area contributed by atoms with Gasteiger partial charge in [-0.2, -0.15) is 18.3 Å². The molecule has 0 unspecified atom stereocenters. The van der Waals surface area contributed by atoms with Crippen molar-refractivity contribution in [2.45, 2.75) is 43.9 Å². The van der Waals surface area contributed by atoms with Crippen LogP contribution in [0.3, 0.4) is 0 Å². The fourth-order valence-corrected chi connectivity index (χ4v) is 3.72. The molecule has 0 spiro atoms. The van der Waals surface area contributed by atoms with E-state index >= 15 is 0 Å². The maximum Gasteiger partial charge on any atom is 0.433 e. The molecule has 1 saturated carbocycles. The number of pyridine rings is 2. The fraction of sp³-hybridized carbons (Fsp3) is 0.333. The quantitative estimate of drug-likeness (QED) is 0.699. The van der Waals surface area contributed by atoms with Gasteiger partial charge in [-0.25, -0.2) is 0 Å². The molecule has 3 aromatic rings. The Kier molecular flexibility index (Phi) is 4.34. The summed E-state index contributed by atoms with van der Waals surface area (Å²) in [6.07, 6.45) is 1.23. The highest BCUT2D eigenvalue weighted by molar-refractivity contribution is 5.94. The van der Waals surface area contributed by atoms with E-state index in [0.717, 1.165) is 41.0 Å². The molecule has 5 rings (SSSR count). The largest absolute Gasteiger partial charge is 0.433 e. The lowest BCUT2D eigenvalue weighted by Gasteiger charge is -2.12. The minimum atomic E-state index is -4.53. The smallest absolute Gasteiger partial charge is 0.344 e. The van der Waals surface area contributed by atoms with Crippen LogP contribution in [-0.2, 0) is 12.7 Å². The summed E-state index contributed by atoms with van der Waals surface area (Å²) in [5, 5.41) is 7.53. The van der Waals surface area contributed by atoms with E-state index in [4.69, 9.17) is 0 Å². The van der Waals surface area contributed by atoms with Crippen LogP contribution in [0.1, 0.15) is 58.7 Å². The summed E-state index contributed by atoms with van der Waals surface area (Å²) in [5.74, 6) is 0.0844. The lowest BCUT2D eigenvalue weighted by molar-refractivity contribution is -0.141. The molecule has 1 amide bonds. The number of aromatic nitrogens is 4. The highest BCUT2D eigenvalue weighted by Gasteiger charge is 2.33. The van der Waals surface area contributed by atoms with Gasteiger partial charge in [0.1, 0.15) is 5.69 Å². The van der Waals surface area contributed by atoms with Crippen molar-refractivity contribution in [2.75, 3.05) is 0 Å². The molecule has 1 N–H and O–H groups in total. The molecule has 3 aromatic heterocycles. The number of carbonyl (C=O) groups excluding carboxylic acids is 1. The Hall–Kier alpha value is -3.23. The molecule has 0 radical (unpaired) electrons. The molecular formula is C21H18F3N5O. The molecule has 154 valence electrons. The molecule has 30 heavy (non-hydrogen) atoms. The molecule has 1 atom stereocenters. The van der Waals surface area contributed by atoms with Gasteiger partial charge >= 0.3 is 6.18 Å². The van der Waals surface area contributed by atoms with E-state index in [-0.39, 0.29) is 11.6 Å². The summed E-state index contributed by atoms with van der Waals surface area (Å²) in [5.41, 5.74) is 2.84. The lowest BCUT2D eigenvalue weighted by Crippen LogP contribution is -2.27. The predicted molar refractivity (Wildman–Crippen MR) is 101 cm³/mol. The van der Waals surface area contributed by atoms with E-state index in [1.54, 1.807) is 6.20 Å². The minimum absolute atomic E-state index is 0.0874. The number of hydrogen-bond donors (Lipinski definition) is 1. The second-order valence-electron chi connectivity index (χ2n) is 7.67. The van der Waals surface area contributed by atoms with Gasteiger partial charge < -0.3 is 5.32 Å². The molecule has 1 aliphatic heterocycles. The van der Waals surface area contributed by atoms with Crippen molar-refractivity contribution in [3.05, 3.63) is 65.4 Å². The summed E-state index contributed by atoms with van der Waals surface area (Å²) in [6.45, 7) is 0.659. The monoisotopic (exact) mass is 413 g/mol. The molecule has 4 heterocycles. The number of nitrogens with zero attached hydrogens (tertiary/aromatic N) is 4. The van der Waals surface area contributed by atoms with Crippen LogP contribution < -0.4 is 5.32 Å². The number of alkyl halides is 3. The van der Waals surface area contributed by atoms with Crippen LogP contribution in [0, 0.1) is 0 Å². The van der Waals surface area contributed by atoms with Gasteiger partial charge in [-0.3, -0.25) is 19.4 Å². The van der Waals surface area contributed by atoms with Gasteiger partial charge in [0.05, 0.1) is 23.0 Å². The minimum Gasteiger partial charge on any atom is -0.344 e. The number of carbonyl (C=O) groups is 1. The van der Waals surface area contributed by atoms with Crippen molar-refractivity contribution in [1.29, 1.82) is 0 Å². The Labute approximate surface area is 170 Å². The van der Waals surface area contributed by atoms with E-state index in [1.165, 1.54) is 12.8 Å². The zero-order chi connectivity index (χ0) is 20.9. The lowest BCUT2D eigenvalue weighted by atomic mass is 10.1. The van der Waals surface area contributed by atoms with Crippen molar-refractivity contribution >= 4 is 5.91 Å². The third-order valence-electron chi connectivity index (χ3n) is 5.49. The summed E-state index contributed by atoms with van der Waals surface area (Å²) in [6, 6.07) is 7.63. The average Bonchev–Trinajstić information content (AvgIpc) is 3.40. The summed E-state index contributed by atoms with van der Waals surface area (Å²) in [4.78, 5) is 20.3. The summed E-state index contributed by atoms with van der Waals surface area (Å²) >= 11 is 0. The first-order chi connectivity index (χ1) is 14.4. The van der Waals surface area contributed by atoms with Crippen LogP contribution in [0.5, 0.6) is 0 Å². The van der Waals surface area contributed by atoms with Crippen LogP contribution in [0.2, 0.25) is 0 Å². The van der Waals surface area contributed by atoms with Crippen LogP contribution in [-0.4, -0.2) is 25.7 Å². The molecule has 9 heteroatoms. The normalized spacial score (nSPS) is 18.3. The van der Waals surface area contributed by atoms with Crippen molar-refractivity contribution in [2.24, 2.45) is 0 Å². The highest BCUT2D eigenvalue weighted by atomic mass is 19.4. The molecular weight excluding hydrogens is 395 g/mol. The molecule has 0 bridgehead atoms. The number of halogens is 3. The number of hydrogen-bond acceptors (Lipinski definition) is 4. The van der Waals surface area contributed by atoms with Gasteiger partial charge in [0.25, 0.3) is 5.91 Å². The first-order valence-corrected chi connectivity index (χ1v) is 9.76. The Morgan fingerprint density at radius 3 is 2.63 bits per heavy atom. The van der Waals surface area contributed by atoms with E-state index in [0.29, 0.717) is 18.9 Å². The van der Waals surface area contributed by atoms with E-state index < -0.39 is 17.8 Å². The third-order valence-corrected chi connectivity index (χ3v) is 5.49. The van der Waals surface area contributed by atoms with Crippen molar-refractivity contribution < 1.29 is 18.0 Å². The first-order valence-electron chi connectivity index (χ1n) is 9.76. The van der Waals surface area contributed by atoms with Gasteiger partial charge in [0.2, 0.25) is 0 Å². The summed E-state index contributed by atoms with van der Waals surface area (Å²) in [7, 11) is 0. The van der Waals surface area contributed by atoms with E-state index in [9.17, 15) is 18.0 Å². The molecule has 2 aliphatic rings. The molecule has 6 nitrogen and oxygen atoms in total. The topological polar surface area (TPSA) is 72.7 Å². The van der Waals surface area contributed by atoms with Crippen molar-refractivity contribution in [3.63, 3.8) is 0 Å². The van der Waals surface area contributed by atoms with Gasteiger partial charge in [-0.15, -0.1) is 0 Å². The first kappa shape index (κ1) is 18.8. The number of amides is 1. The number of fused-ring (bicyclic) bond motifs is 1. The second-order valence-corrected chi connectivity index (χ2v) is 7.67. The average molecular weight is 413 g/mol. The second kappa shape index (κ2) is 6.93. The number of rotatable bonds is 4. The Morgan fingerprint density at radius 1 is 1.10 bits per heavy atom. The predicted octanol–water partition coefficient (Wildman–Crippen LogP) is 4.11. The SMILES string of the molecule is O=C(N[C@@H]1CCn2nc(-c3ccnc(C4CC4)c3)cc21)c1ccc(C(F)(F)F)nc1. The highest BCUT2D eigenvalue weighted by Crippen LogP contribution is 2.40. The number of nitrogens with one attached hydrogen (secondary N) is 1. The Bertz CT molecular complexity index is 1100. The fourth-order valence-electron chi connectivity index (χ4n) is 3.72. The van der Waals surface area contributed by atoms with Crippen LogP contribution >= 0.6 is 0 Å². The van der Waals surface area contributed by atoms with E-state index in [2.05, 4.69) is 26.4 Å².